The van der Waals surface area contributed by atoms with Crippen LogP contribution in [0, 0.1) is 0 Å². The predicted molar refractivity (Wildman–Crippen MR) is 83.2 cm³/mol. The van der Waals surface area contributed by atoms with E-state index in [1.807, 2.05) is 42.5 Å². The van der Waals surface area contributed by atoms with Gasteiger partial charge in [0.1, 0.15) is 5.82 Å². The Kier molecular flexibility index (Phi) is 3.20. The Bertz CT molecular complexity index is 822. The van der Waals surface area contributed by atoms with E-state index >= 15 is 0 Å². The first kappa shape index (κ1) is 12.8. The Balaban J connectivity index is 2.11. The van der Waals surface area contributed by atoms with Crippen molar-refractivity contribution in [3.05, 3.63) is 75.5 Å². The van der Waals surface area contributed by atoms with E-state index < -0.39 is 0 Å². The molecule has 0 atom stereocenters. The summed E-state index contributed by atoms with van der Waals surface area (Å²) in [5.74, 6) is 0.462. The molecule has 0 fully saturated rings. The molecule has 3 aromatic rings. The standard InChI is InChI=1S/C16H13ClN2O/c17-13-7-5-11(6-8-13)10-19-15(18)9-12-3-1-2-4-14(12)16(19)20/h1-9H,10,18H2. The second-order valence-corrected chi connectivity index (χ2v) is 5.11. The van der Waals surface area contributed by atoms with E-state index in [2.05, 4.69) is 0 Å². The van der Waals surface area contributed by atoms with Crippen LogP contribution in [-0.4, -0.2) is 4.57 Å². The molecule has 0 saturated heterocycles. The van der Waals surface area contributed by atoms with Crippen molar-refractivity contribution in [1.29, 1.82) is 0 Å². The number of nitrogens with two attached hydrogens (primary N) is 1. The van der Waals surface area contributed by atoms with E-state index in [9.17, 15) is 4.79 Å². The van der Waals surface area contributed by atoms with Gasteiger partial charge in [-0.25, -0.2) is 0 Å². The van der Waals surface area contributed by atoms with Crippen LogP contribution in [0.25, 0.3) is 10.8 Å². The molecule has 0 bridgehead atoms. The van der Waals surface area contributed by atoms with Gasteiger partial charge >= 0.3 is 0 Å². The third-order valence-corrected chi connectivity index (χ3v) is 3.56. The van der Waals surface area contributed by atoms with Gasteiger partial charge in [0, 0.05) is 10.4 Å². The van der Waals surface area contributed by atoms with Crippen molar-refractivity contribution in [1.82, 2.24) is 4.57 Å². The molecule has 0 aliphatic heterocycles. The van der Waals surface area contributed by atoms with E-state index in [1.54, 1.807) is 16.7 Å². The average molecular weight is 285 g/mol. The van der Waals surface area contributed by atoms with Crippen LogP contribution in [0.2, 0.25) is 5.02 Å². The minimum atomic E-state index is -0.0736. The number of nitrogens with zero attached hydrogens (tertiary/aromatic N) is 1. The zero-order valence-electron chi connectivity index (χ0n) is 10.7. The summed E-state index contributed by atoms with van der Waals surface area (Å²) in [5.41, 5.74) is 6.91. The second kappa shape index (κ2) is 5.02. The third-order valence-electron chi connectivity index (χ3n) is 3.31. The van der Waals surface area contributed by atoms with Gasteiger partial charge < -0.3 is 5.73 Å². The largest absolute Gasteiger partial charge is 0.385 e. The number of hydrogen-bond donors (Lipinski definition) is 1. The van der Waals surface area contributed by atoms with Crippen LogP contribution in [0.4, 0.5) is 5.82 Å². The minimum absolute atomic E-state index is 0.0736. The number of rotatable bonds is 2. The number of hydrogen-bond acceptors (Lipinski definition) is 2. The van der Waals surface area contributed by atoms with Crippen molar-refractivity contribution in [2.75, 3.05) is 5.73 Å². The van der Waals surface area contributed by atoms with Crippen molar-refractivity contribution in [2.45, 2.75) is 6.54 Å². The first-order chi connectivity index (χ1) is 9.65. The number of aromatic nitrogens is 1. The van der Waals surface area contributed by atoms with Crippen LogP contribution < -0.4 is 11.3 Å². The van der Waals surface area contributed by atoms with Crippen molar-refractivity contribution in [3.63, 3.8) is 0 Å². The molecule has 1 heterocycles. The van der Waals surface area contributed by atoms with Crippen LogP contribution in [0.5, 0.6) is 0 Å². The van der Waals surface area contributed by atoms with Crippen LogP contribution in [0.15, 0.2) is 59.4 Å². The zero-order chi connectivity index (χ0) is 14.1. The molecule has 0 aliphatic rings. The fourth-order valence-electron chi connectivity index (χ4n) is 2.25. The van der Waals surface area contributed by atoms with Gasteiger partial charge in [-0.05, 0) is 35.2 Å². The molecule has 3 nitrogen and oxygen atoms in total. The zero-order valence-corrected chi connectivity index (χ0v) is 11.5. The number of benzene rings is 2. The van der Waals surface area contributed by atoms with Gasteiger partial charge in [-0.15, -0.1) is 0 Å². The predicted octanol–water partition coefficient (Wildman–Crippen LogP) is 3.29. The summed E-state index contributed by atoms with van der Waals surface area (Å²) in [6, 6.07) is 16.7. The molecule has 0 aliphatic carbocycles. The van der Waals surface area contributed by atoms with E-state index in [0.29, 0.717) is 22.8 Å². The minimum Gasteiger partial charge on any atom is -0.385 e. The topological polar surface area (TPSA) is 48.0 Å². The fourth-order valence-corrected chi connectivity index (χ4v) is 2.38. The van der Waals surface area contributed by atoms with Gasteiger partial charge in [0.2, 0.25) is 0 Å². The lowest BCUT2D eigenvalue weighted by Crippen LogP contribution is -2.23. The monoisotopic (exact) mass is 284 g/mol. The lowest BCUT2D eigenvalue weighted by atomic mass is 10.1. The SMILES string of the molecule is Nc1cc2ccccc2c(=O)n1Cc1ccc(Cl)cc1. The molecule has 2 aromatic carbocycles. The molecule has 0 amide bonds. The lowest BCUT2D eigenvalue weighted by Gasteiger charge is -2.11. The Morgan fingerprint density at radius 2 is 1.75 bits per heavy atom. The molecule has 20 heavy (non-hydrogen) atoms. The first-order valence-corrected chi connectivity index (χ1v) is 6.65. The van der Waals surface area contributed by atoms with Crippen LogP contribution >= 0.6 is 11.6 Å². The van der Waals surface area contributed by atoms with E-state index in [0.717, 1.165) is 10.9 Å². The third kappa shape index (κ3) is 2.28. The number of fused-ring (bicyclic) bond motifs is 1. The van der Waals surface area contributed by atoms with E-state index in [4.69, 9.17) is 17.3 Å². The maximum atomic E-state index is 12.5. The summed E-state index contributed by atoms with van der Waals surface area (Å²) >= 11 is 5.86. The molecular weight excluding hydrogens is 272 g/mol. The second-order valence-electron chi connectivity index (χ2n) is 4.67. The van der Waals surface area contributed by atoms with Gasteiger partial charge in [-0.3, -0.25) is 9.36 Å². The van der Waals surface area contributed by atoms with E-state index in [1.165, 1.54) is 0 Å². The summed E-state index contributed by atoms with van der Waals surface area (Å²) in [6.45, 7) is 0.437. The number of anilines is 1. The highest BCUT2D eigenvalue weighted by molar-refractivity contribution is 6.30. The van der Waals surface area contributed by atoms with Gasteiger partial charge in [0.15, 0.2) is 0 Å². The lowest BCUT2D eigenvalue weighted by molar-refractivity contribution is 0.780. The van der Waals surface area contributed by atoms with Gasteiger partial charge in [0.25, 0.3) is 5.56 Å². The van der Waals surface area contributed by atoms with Crippen molar-refractivity contribution in [2.24, 2.45) is 0 Å². The molecule has 1 aromatic heterocycles. The molecule has 0 unspecified atom stereocenters. The van der Waals surface area contributed by atoms with Crippen LogP contribution in [0.3, 0.4) is 0 Å². The molecule has 100 valence electrons. The number of nitrogen functional groups attached to an aromatic ring is 1. The highest BCUT2D eigenvalue weighted by Gasteiger charge is 2.07. The van der Waals surface area contributed by atoms with Gasteiger partial charge in [-0.2, -0.15) is 0 Å². The van der Waals surface area contributed by atoms with Gasteiger partial charge in [-0.1, -0.05) is 41.9 Å². The summed E-state index contributed by atoms with van der Waals surface area (Å²) in [6.07, 6.45) is 0. The first-order valence-electron chi connectivity index (χ1n) is 6.27. The van der Waals surface area contributed by atoms with Crippen molar-refractivity contribution < 1.29 is 0 Å². The molecular formula is C16H13ClN2O. The summed E-state index contributed by atoms with van der Waals surface area (Å²) in [5, 5.41) is 2.21. The highest BCUT2D eigenvalue weighted by atomic mass is 35.5. The number of halogens is 1. The summed E-state index contributed by atoms with van der Waals surface area (Å²) in [7, 11) is 0. The molecule has 3 rings (SSSR count). The summed E-state index contributed by atoms with van der Waals surface area (Å²) < 4.78 is 1.57. The highest BCUT2D eigenvalue weighted by Crippen LogP contribution is 2.15. The normalized spacial score (nSPS) is 10.8. The van der Waals surface area contributed by atoms with Crippen molar-refractivity contribution in [3.8, 4) is 0 Å². The average Bonchev–Trinajstić information content (AvgIpc) is 2.45. The molecule has 4 heteroatoms. The van der Waals surface area contributed by atoms with Gasteiger partial charge in [0.05, 0.1) is 6.54 Å². The summed E-state index contributed by atoms with van der Waals surface area (Å²) in [4.78, 5) is 12.5. The maximum absolute atomic E-state index is 12.5. The van der Waals surface area contributed by atoms with Crippen molar-refractivity contribution >= 4 is 28.2 Å². The number of pyridine rings is 1. The molecule has 0 radical (unpaired) electrons. The van der Waals surface area contributed by atoms with E-state index in [-0.39, 0.29) is 5.56 Å². The Morgan fingerprint density at radius 3 is 2.50 bits per heavy atom. The quantitative estimate of drug-likeness (QED) is 0.785. The fraction of sp³-hybridized carbons (Fsp3) is 0.0625. The molecule has 0 spiro atoms. The molecule has 0 saturated carbocycles. The Labute approximate surface area is 121 Å². The van der Waals surface area contributed by atoms with Crippen LogP contribution in [0.1, 0.15) is 5.56 Å². The smallest absolute Gasteiger partial charge is 0.260 e. The molecule has 2 N–H and O–H groups in total. The Morgan fingerprint density at radius 1 is 1.05 bits per heavy atom. The van der Waals surface area contributed by atoms with Crippen LogP contribution in [-0.2, 0) is 6.54 Å². The Hall–Kier alpha value is -2.26. The maximum Gasteiger partial charge on any atom is 0.260 e.